The third kappa shape index (κ3) is 3.69. The molecule has 0 N–H and O–H groups in total. The van der Waals surface area contributed by atoms with Crippen LogP contribution >= 0.6 is 0 Å². The Labute approximate surface area is 122 Å². The molecule has 2 fully saturated rings. The van der Waals surface area contributed by atoms with Crippen molar-refractivity contribution in [2.75, 3.05) is 6.54 Å². The van der Waals surface area contributed by atoms with Gasteiger partial charge < -0.3 is 4.90 Å². The van der Waals surface area contributed by atoms with E-state index in [2.05, 4.69) is 0 Å². The molecule has 122 valence electrons. The van der Waals surface area contributed by atoms with Crippen molar-refractivity contribution in [1.82, 2.24) is 4.90 Å². The Balaban J connectivity index is 2.10. The second kappa shape index (κ2) is 5.13. The van der Waals surface area contributed by atoms with Crippen LogP contribution in [0.3, 0.4) is 0 Å². The molecule has 1 saturated heterocycles. The third-order valence-corrected chi connectivity index (χ3v) is 4.62. The van der Waals surface area contributed by atoms with Crippen molar-refractivity contribution >= 4 is 5.91 Å². The molecule has 1 aliphatic heterocycles. The van der Waals surface area contributed by atoms with Crippen molar-refractivity contribution in [3.05, 3.63) is 0 Å². The summed E-state index contributed by atoms with van der Waals surface area (Å²) in [6, 6.07) is -0.539. The van der Waals surface area contributed by atoms with Gasteiger partial charge >= 0.3 is 0 Å². The van der Waals surface area contributed by atoms with Crippen LogP contribution in [-0.4, -0.2) is 35.2 Å². The number of hydrogen-bond acceptors (Lipinski definition) is 1. The molecule has 21 heavy (non-hydrogen) atoms. The number of halogens is 4. The van der Waals surface area contributed by atoms with Gasteiger partial charge in [0.05, 0.1) is 6.54 Å². The highest BCUT2D eigenvalue weighted by Gasteiger charge is 2.52. The van der Waals surface area contributed by atoms with Gasteiger partial charge in [0.15, 0.2) is 0 Å². The maximum absolute atomic E-state index is 13.7. The van der Waals surface area contributed by atoms with Crippen molar-refractivity contribution in [3.8, 4) is 0 Å². The Morgan fingerprint density at radius 2 is 1.57 bits per heavy atom. The summed E-state index contributed by atoms with van der Waals surface area (Å²) in [6.07, 6.45) is -0.817. The highest BCUT2D eigenvalue weighted by Crippen LogP contribution is 2.43. The van der Waals surface area contributed by atoms with Crippen molar-refractivity contribution < 1.29 is 22.4 Å². The molecule has 2 nitrogen and oxygen atoms in total. The van der Waals surface area contributed by atoms with E-state index < -0.39 is 35.8 Å². The predicted octanol–water partition coefficient (Wildman–Crippen LogP) is 4.09. The Bertz CT molecular complexity index is 406. The van der Waals surface area contributed by atoms with Crippen LogP contribution in [-0.2, 0) is 4.79 Å². The van der Waals surface area contributed by atoms with Crippen molar-refractivity contribution in [1.29, 1.82) is 0 Å². The first-order valence-corrected chi connectivity index (χ1v) is 7.47. The Morgan fingerprint density at radius 3 is 2.05 bits per heavy atom. The van der Waals surface area contributed by atoms with Gasteiger partial charge in [-0.2, -0.15) is 0 Å². The van der Waals surface area contributed by atoms with E-state index in [4.69, 9.17) is 0 Å². The fourth-order valence-corrected chi connectivity index (χ4v) is 3.34. The Kier molecular flexibility index (Phi) is 4.04. The minimum atomic E-state index is -2.88. The maximum Gasteiger partial charge on any atom is 0.267 e. The summed E-state index contributed by atoms with van der Waals surface area (Å²) >= 11 is 0. The molecule has 1 heterocycles. The van der Waals surface area contributed by atoms with E-state index in [1.807, 2.05) is 20.8 Å². The molecule has 6 heteroatoms. The molecule has 0 aromatic rings. The number of likely N-dealkylation sites (tertiary alicyclic amines) is 1. The smallest absolute Gasteiger partial charge is 0.267 e. The standard InChI is InChI=1S/C15H23F4NO/c1-13(2,3)11-8-15(18,19)9-20(11)12(21)10-4-6-14(16,17)7-5-10/h10-11H,4-9H2,1-3H3. The van der Waals surface area contributed by atoms with Crippen LogP contribution < -0.4 is 0 Å². The van der Waals surface area contributed by atoms with E-state index in [9.17, 15) is 22.4 Å². The second-order valence-corrected chi connectivity index (χ2v) is 7.54. The summed E-state index contributed by atoms with van der Waals surface area (Å²) in [5.41, 5.74) is -0.450. The molecule has 0 spiro atoms. The first-order valence-electron chi connectivity index (χ1n) is 7.47. The number of rotatable bonds is 1. The van der Waals surface area contributed by atoms with E-state index in [0.717, 1.165) is 0 Å². The normalized spacial score (nSPS) is 29.7. The molecule has 0 aromatic carbocycles. The number of alkyl halides is 4. The average Bonchev–Trinajstić information content (AvgIpc) is 2.64. The number of carbonyl (C=O) groups is 1. The van der Waals surface area contributed by atoms with E-state index in [-0.39, 0.29) is 38.0 Å². The summed E-state index contributed by atoms with van der Waals surface area (Å²) < 4.78 is 53.7. The summed E-state index contributed by atoms with van der Waals surface area (Å²) in [5, 5.41) is 0. The Hall–Kier alpha value is -0.810. The predicted molar refractivity (Wildman–Crippen MR) is 71.4 cm³/mol. The van der Waals surface area contributed by atoms with Gasteiger partial charge in [-0.25, -0.2) is 17.6 Å². The van der Waals surface area contributed by atoms with Crippen LogP contribution in [0.25, 0.3) is 0 Å². The molecule has 1 saturated carbocycles. The lowest BCUT2D eigenvalue weighted by atomic mass is 9.82. The fourth-order valence-electron chi connectivity index (χ4n) is 3.34. The van der Waals surface area contributed by atoms with Gasteiger partial charge in [0.1, 0.15) is 0 Å². The maximum atomic E-state index is 13.7. The zero-order chi connectivity index (χ0) is 16.1. The van der Waals surface area contributed by atoms with E-state index in [0.29, 0.717) is 0 Å². The van der Waals surface area contributed by atoms with E-state index in [1.54, 1.807) is 0 Å². The largest absolute Gasteiger partial charge is 0.333 e. The SMILES string of the molecule is CC(C)(C)C1CC(F)(F)CN1C(=O)C1CCC(F)(F)CC1. The van der Waals surface area contributed by atoms with Gasteiger partial charge in [-0.15, -0.1) is 0 Å². The van der Waals surface area contributed by atoms with Gasteiger partial charge in [-0.05, 0) is 18.3 Å². The molecule has 2 rings (SSSR count). The van der Waals surface area contributed by atoms with Gasteiger partial charge in [-0.3, -0.25) is 4.79 Å². The summed E-state index contributed by atoms with van der Waals surface area (Å²) in [7, 11) is 0. The molecular formula is C15H23F4NO. The highest BCUT2D eigenvalue weighted by atomic mass is 19.3. The quantitative estimate of drug-likeness (QED) is 0.668. The molecule has 0 bridgehead atoms. The van der Waals surface area contributed by atoms with Gasteiger partial charge in [0, 0.05) is 31.2 Å². The summed E-state index contributed by atoms with van der Waals surface area (Å²) in [5.74, 6) is -6.51. The lowest BCUT2D eigenvalue weighted by molar-refractivity contribution is -0.143. The van der Waals surface area contributed by atoms with Crippen LogP contribution in [0.4, 0.5) is 17.6 Å². The number of carbonyl (C=O) groups excluding carboxylic acids is 1. The molecule has 1 atom stereocenters. The van der Waals surface area contributed by atoms with Crippen molar-refractivity contribution in [2.24, 2.45) is 11.3 Å². The van der Waals surface area contributed by atoms with E-state index in [1.165, 1.54) is 4.90 Å². The molecular weight excluding hydrogens is 286 g/mol. The van der Waals surface area contributed by atoms with Crippen LogP contribution in [0.2, 0.25) is 0 Å². The minimum absolute atomic E-state index is 0.0881. The zero-order valence-corrected chi connectivity index (χ0v) is 12.8. The molecule has 1 unspecified atom stereocenters. The number of hydrogen-bond donors (Lipinski definition) is 0. The molecule has 2 aliphatic rings. The number of nitrogens with zero attached hydrogens (tertiary/aromatic N) is 1. The zero-order valence-electron chi connectivity index (χ0n) is 12.8. The van der Waals surface area contributed by atoms with Gasteiger partial charge in [0.25, 0.3) is 5.92 Å². The first kappa shape index (κ1) is 16.6. The first-order chi connectivity index (χ1) is 9.41. The highest BCUT2D eigenvalue weighted by molar-refractivity contribution is 5.80. The monoisotopic (exact) mass is 309 g/mol. The van der Waals surface area contributed by atoms with Gasteiger partial charge in [-0.1, -0.05) is 20.8 Å². The summed E-state index contributed by atoms with van der Waals surface area (Å²) in [4.78, 5) is 13.7. The van der Waals surface area contributed by atoms with Gasteiger partial charge in [0.2, 0.25) is 11.8 Å². The minimum Gasteiger partial charge on any atom is -0.333 e. The second-order valence-electron chi connectivity index (χ2n) is 7.54. The van der Waals surface area contributed by atoms with Crippen molar-refractivity contribution in [3.63, 3.8) is 0 Å². The third-order valence-electron chi connectivity index (χ3n) is 4.62. The van der Waals surface area contributed by atoms with E-state index >= 15 is 0 Å². The number of amides is 1. The van der Waals surface area contributed by atoms with Crippen LogP contribution in [0.5, 0.6) is 0 Å². The average molecular weight is 309 g/mol. The molecule has 1 aliphatic carbocycles. The van der Waals surface area contributed by atoms with Crippen molar-refractivity contribution in [2.45, 2.75) is 70.8 Å². The van der Waals surface area contributed by atoms with Crippen LogP contribution in [0.15, 0.2) is 0 Å². The Morgan fingerprint density at radius 1 is 1.05 bits per heavy atom. The summed E-state index contributed by atoms with van der Waals surface area (Å²) in [6.45, 7) is 4.90. The topological polar surface area (TPSA) is 20.3 Å². The molecule has 1 amide bonds. The molecule has 0 radical (unpaired) electrons. The van der Waals surface area contributed by atoms with Crippen LogP contribution in [0, 0.1) is 11.3 Å². The lowest BCUT2D eigenvalue weighted by Gasteiger charge is -2.37. The lowest BCUT2D eigenvalue weighted by Crippen LogP contribution is -2.47. The molecule has 0 aromatic heterocycles. The fraction of sp³-hybridized carbons (Fsp3) is 0.933. The van der Waals surface area contributed by atoms with Crippen LogP contribution in [0.1, 0.15) is 52.9 Å².